The number of esters is 1. The summed E-state index contributed by atoms with van der Waals surface area (Å²) in [5.41, 5.74) is 1.18. The Morgan fingerprint density at radius 2 is 1.81 bits per heavy atom. The molecular weight excluding hydrogens is 450 g/mol. The molecule has 0 unspecified atom stereocenters. The molecule has 4 rings (SSSR count). The Labute approximate surface area is 193 Å². The van der Waals surface area contributed by atoms with Gasteiger partial charge in [0.15, 0.2) is 5.76 Å². The zero-order chi connectivity index (χ0) is 22.8. The van der Waals surface area contributed by atoms with E-state index in [2.05, 4.69) is 0 Å². The minimum absolute atomic E-state index is 0.0416. The molecule has 6 nitrogen and oxygen atoms in total. The van der Waals surface area contributed by atoms with Gasteiger partial charge in [0.2, 0.25) is 5.78 Å². The van der Waals surface area contributed by atoms with Gasteiger partial charge in [0.25, 0.3) is 5.91 Å². The number of benzene rings is 2. The van der Waals surface area contributed by atoms with Gasteiger partial charge in [-0.15, -0.1) is 11.3 Å². The van der Waals surface area contributed by atoms with E-state index in [1.54, 1.807) is 60.8 Å². The van der Waals surface area contributed by atoms with Gasteiger partial charge < -0.3 is 9.84 Å². The van der Waals surface area contributed by atoms with Crippen LogP contribution >= 0.6 is 22.9 Å². The van der Waals surface area contributed by atoms with Gasteiger partial charge in [-0.2, -0.15) is 0 Å². The highest BCUT2D eigenvalue weighted by molar-refractivity contribution is 7.12. The number of thiophene rings is 1. The second-order valence-electron chi connectivity index (χ2n) is 6.94. The second-order valence-corrected chi connectivity index (χ2v) is 8.29. The average molecular weight is 468 g/mol. The van der Waals surface area contributed by atoms with Crippen molar-refractivity contribution in [3.05, 3.63) is 98.4 Å². The number of aliphatic hydroxyl groups is 1. The highest BCUT2D eigenvalue weighted by Gasteiger charge is 2.45. The van der Waals surface area contributed by atoms with Crippen molar-refractivity contribution in [1.82, 2.24) is 0 Å². The van der Waals surface area contributed by atoms with Crippen molar-refractivity contribution in [2.75, 3.05) is 11.5 Å². The van der Waals surface area contributed by atoms with Gasteiger partial charge in [0.1, 0.15) is 0 Å². The summed E-state index contributed by atoms with van der Waals surface area (Å²) in [4.78, 5) is 40.1. The Bertz CT molecular complexity index is 1220. The van der Waals surface area contributed by atoms with Crippen LogP contribution in [-0.2, 0) is 9.53 Å². The summed E-state index contributed by atoms with van der Waals surface area (Å²) >= 11 is 7.66. The van der Waals surface area contributed by atoms with Crippen LogP contribution in [0.25, 0.3) is 0 Å². The number of halogens is 1. The number of amides is 1. The number of aliphatic hydroxyl groups excluding tert-OH is 1. The van der Waals surface area contributed by atoms with Crippen LogP contribution in [0.4, 0.5) is 5.69 Å². The Kier molecular flexibility index (Phi) is 6.12. The molecule has 1 aliphatic rings. The number of hydrogen-bond acceptors (Lipinski definition) is 6. The van der Waals surface area contributed by atoms with Crippen molar-refractivity contribution >= 4 is 46.3 Å². The zero-order valence-corrected chi connectivity index (χ0v) is 18.5. The van der Waals surface area contributed by atoms with E-state index >= 15 is 0 Å². The van der Waals surface area contributed by atoms with Crippen LogP contribution in [0.3, 0.4) is 0 Å². The van der Waals surface area contributed by atoms with E-state index < -0.39 is 29.5 Å². The number of nitrogens with zero attached hydrogens (tertiary/aromatic N) is 1. The summed E-state index contributed by atoms with van der Waals surface area (Å²) in [6, 6.07) is 15.5. The molecule has 0 aliphatic carbocycles. The number of rotatable bonds is 6. The Balaban J connectivity index is 1.82. The molecule has 1 N–H and O–H groups in total. The van der Waals surface area contributed by atoms with E-state index in [1.165, 1.54) is 28.4 Å². The van der Waals surface area contributed by atoms with Crippen molar-refractivity contribution in [3.63, 3.8) is 0 Å². The molecule has 0 bridgehead atoms. The summed E-state index contributed by atoms with van der Waals surface area (Å²) in [7, 11) is 0. The predicted octanol–water partition coefficient (Wildman–Crippen LogP) is 5.36. The Morgan fingerprint density at radius 3 is 2.44 bits per heavy atom. The number of ether oxygens (including phenoxy) is 1. The maximum Gasteiger partial charge on any atom is 0.338 e. The largest absolute Gasteiger partial charge is 0.503 e. The van der Waals surface area contributed by atoms with E-state index in [0.29, 0.717) is 26.7 Å². The molecule has 1 aromatic heterocycles. The molecular formula is C24H18ClNO5S. The smallest absolute Gasteiger partial charge is 0.338 e. The summed E-state index contributed by atoms with van der Waals surface area (Å²) in [6.07, 6.45) is 0. The molecule has 8 heteroatoms. The van der Waals surface area contributed by atoms with Gasteiger partial charge >= 0.3 is 5.97 Å². The van der Waals surface area contributed by atoms with Gasteiger partial charge in [-0.1, -0.05) is 35.9 Å². The lowest BCUT2D eigenvalue weighted by atomic mass is 9.95. The summed E-state index contributed by atoms with van der Waals surface area (Å²) in [5, 5.41) is 12.8. The van der Waals surface area contributed by atoms with E-state index in [0.717, 1.165) is 0 Å². The van der Waals surface area contributed by atoms with Crippen LogP contribution in [0.2, 0.25) is 5.02 Å². The third-order valence-electron chi connectivity index (χ3n) is 5.05. The Hall–Kier alpha value is -3.42. The fraction of sp³-hybridized carbons (Fsp3) is 0.125. The molecule has 0 fully saturated rings. The molecule has 2 heterocycles. The first kappa shape index (κ1) is 21.8. The van der Waals surface area contributed by atoms with Crippen molar-refractivity contribution in [2.45, 2.75) is 13.0 Å². The van der Waals surface area contributed by atoms with Crippen molar-refractivity contribution in [3.8, 4) is 0 Å². The van der Waals surface area contributed by atoms with E-state index in [1.807, 2.05) is 0 Å². The summed E-state index contributed by atoms with van der Waals surface area (Å²) in [5.74, 6) is -2.27. The fourth-order valence-electron chi connectivity index (χ4n) is 3.61. The molecule has 3 aromatic rings. The van der Waals surface area contributed by atoms with Crippen molar-refractivity contribution < 1.29 is 24.2 Å². The Morgan fingerprint density at radius 1 is 1.09 bits per heavy atom. The quantitative estimate of drug-likeness (QED) is 0.389. The number of carbonyl (C=O) groups is 3. The lowest BCUT2D eigenvalue weighted by Gasteiger charge is -2.27. The van der Waals surface area contributed by atoms with Crippen LogP contribution < -0.4 is 4.90 Å². The molecule has 1 amide bonds. The molecule has 32 heavy (non-hydrogen) atoms. The van der Waals surface area contributed by atoms with Crippen LogP contribution in [0, 0.1) is 0 Å². The first-order valence-corrected chi connectivity index (χ1v) is 11.1. The lowest BCUT2D eigenvalue weighted by Crippen LogP contribution is -2.31. The first-order chi connectivity index (χ1) is 15.4. The maximum absolute atomic E-state index is 13.3. The second kappa shape index (κ2) is 8.98. The molecule has 0 saturated carbocycles. The first-order valence-electron chi connectivity index (χ1n) is 9.80. The highest BCUT2D eigenvalue weighted by atomic mass is 35.5. The third-order valence-corrected chi connectivity index (χ3v) is 6.27. The lowest BCUT2D eigenvalue weighted by molar-refractivity contribution is -0.117. The molecule has 0 saturated heterocycles. The van der Waals surface area contributed by atoms with Crippen molar-refractivity contribution in [2.24, 2.45) is 0 Å². The monoisotopic (exact) mass is 467 g/mol. The SMILES string of the molecule is CCOC(=O)c1ccc(N2C(=O)C(O)=C(C(=O)c3cccs3)[C@@H]2c2ccccc2Cl)cc1. The van der Waals surface area contributed by atoms with Crippen LogP contribution in [0.1, 0.15) is 38.6 Å². The summed E-state index contributed by atoms with van der Waals surface area (Å²) in [6.45, 7) is 1.95. The topological polar surface area (TPSA) is 83.9 Å². The minimum atomic E-state index is -0.931. The number of anilines is 1. The average Bonchev–Trinajstić information content (AvgIpc) is 3.42. The number of carbonyl (C=O) groups excluding carboxylic acids is 3. The van der Waals surface area contributed by atoms with E-state index in [9.17, 15) is 19.5 Å². The summed E-state index contributed by atoms with van der Waals surface area (Å²) < 4.78 is 5.00. The molecule has 162 valence electrons. The number of Topliss-reactive ketones (excluding diaryl/α,β-unsaturated/α-hetero) is 1. The molecule has 1 atom stereocenters. The van der Waals surface area contributed by atoms with Crippen molar-refractivity contribution in [1.29, 1.82) is 0 Å². The van der Waals surface area contributed by atoms with Gasteiger partial charge in [0, 0.05) is 10.7 Å². The van der Waals surface area contributed by atoms with E-state index in [4.69, 9.17) is 16.3 Å². The highest BCUT2D eigenvalue weighted by Crippen LogP contribution is 2.44. The van der Waals surface area contributed by atoms with E-state index in [-0.39, 0.29) is 12.2 Å². The molecule has 1 aliphatic heterocycles. The minimum Gasteiger partial charge on any atom is -0.503 e. The maximum atomic E-state index is 13.3. The molecule has 2 aromatic carbocycles. The van der Waals surface area contributed by atoms with Gasteiger partial charge in [-0.05, 0) is 54.3 Å². The molecule has 0 radical (unpaired) electrons. The number of hydrogen-bond donors (Lipinski definition) is 1. The van der Waals surface area contributed by atoms with Crippen LogP contribution in [0.15, 0.2) is 77.4 Å². The normalized spacial score (nSPS) is 15.9. The predicted molar refractivity (Wildman–Crippen MR) is 122 cm³/mol. The van der Waals surface area contributed by atoms with Crippen LogP contribution in [-0.4, -0.2) is 29.4 Å². The van der Waals surface area contributed by atoms with Gasteiger partial charge in [-0.25, -0.2) is 4.79 Å². The molecule has 0 spiro atoms. The van der Waals surface area contributed by atoms with Gasteiger partial charge in [0.05, 0.1) is 28.7 Å². The standard InChI is InChI=1S/C24H18ClNO5S/c1-2-31-24(30)14-9-11-15(12-10-14)26-20(16-6-3-4-7-17(16)25)19(22(28)23(26)29)21(27)18-8-5-13-32-18/h3-13,20,28H,2H2,1H3/t20-/m0/s1. The van der Waals surface area contributed by atoms with Gasteiger partial charge in [-0.3, -0.25) is 14.5 Å². The van der Waals surface area contributed by atoms with Crippen LogP contribution in [0.5, 0.6) is 0 Å². The fourth-order valence-corrected chi connectivity index (χ4v) is 4.52. The zero-order valence-electron chi connectivity index (χ0n) is 16.9. The third kappa shape index (κ3) is 3.81. The number of ketones is 1.